The van der Waals surface area contributed by atoms with Gasteiger partial charge in [-0.05, 0) is 36.4 Å². The van der Waals surface area contributed by atoms with Crippen LogP contribution in [0.5, 0.6) is 0 Å². The second kappa shape index (κ2) is 7.38. The smallest absolute Gasteiger partial charge is 0.374 e. The first kappa shape index (κ1) is 19.4. The normalized spacial score (nSPS) is 11.5. The highest BCUT2D eigenvalue weighted by Crippen LogP contribution is 2.31. The standard InChI is InChI=1S/C23H15N5O4S/c1-27-21(29)13-6-2-4-8-15(13)28-19(25-26-23(27)28)12-31-22(30)17-11-10-16(32-17)20-24-14-7-3-5-9-18(14)33-20/h2-11H,12H2,1H3. The molecule has 0 radical (unpaired) electrons. The van der Waals surface area contributed by atoms with E-state index in [1.165, 1.54) is 15.9 Å². The molecule has 9 nitrogen and oxygen atoms in total. The van der Waals surface area contributed by atoms with Crippen molar-refractivity contribution in [3.63, 3.8) is 0 Å². The van der Waals surface area contributed by atoms with Crippen molar-refractivity contribution in [2.45, 2.75) is 6.61 Å². The molecular formula is C23H15N5O4S. The average Bonchev–Trinajstić information content (AvgIpc) is 3.58. The third kappa shape index (κ3) is 3.11. The number of hydrogen-bond donors (Lipinski definition) is 0. The van der Waals surface area contributed by atoms with Crippen molar-refractivity contribution in [2.24, 2.45) is 7.05 Å². The van der Waals surface area contributed by atoms with Crippen molar-refractivity contribution in [1.82, 2.24) is 24.1 Å². The minimum atomic E-state index is -0.631. The molecule has 162 valence electrons. The zero-order valence-electron chi connectivity index (χ0n) is 17.3. The Morgan fingerprint density at radius 1 is 1.06 bits per heavy atom. The van der Waals surface area contributed by atoms with Crippen molar-refractivity contribution < 1.29 is 13.9 Å². The fraction of sp³-hybridized carbons (Fsp3) is 0.0870. The molecule has 0 aliphatic carbocycles. The maximum atomic E-state index is 12.6. The lowest BCUT2D eigenvalue weighted by molar-refractivity contribution is 0.0426. The number of aromatic nitrogens is 5. The monoisotopic (exact) mass is 457 g/mol. The molecule has 0 saturated carbocycles. The number of ether oxygens (including phenoxy) is 1. The number of hydrogen-bond acceptors (Lipinski definition) is 8. The van der Waals surface area contributed by atoms with Crippen molar-refractivity contribution in [2.75, 3.05) is 0 Å². The number of nitrogens with zero attached hydrogens (tertiary/aromatic N) is 5. The SMILES string of the molecule is Cn1c(=O)c2ccccc2n2c(COC(=O)c3ccc(-c4nc5ccccc5s4)o3)nnc12. The Hall–Kier alpha value is -4.31. The van der Waals surface area contributed by atoms with E-state index in [0.717, 1.165) is 10.2 Å². The van der Waals surface area contributed by atoms with Gasteiger partial charge in [0, 0.05) is 7.05 Å². The van der Waals surface area contributed by atoms with Gasteiger partial charge in [0.1, 0.15) is 0 Å². The minimum absolute atomic E-state index is 0.0651. The molecule has 6 aromatic rings. The fourth-order valence-corrected chi connectivity index (χ4v) is 4.65. The van der Waals surface area contributed by atoms with Crippen LogP contribution in [0.1, 0.15) is 16.4 Å². The summed E-state index contributed by atoms with van der Waals surface area (Å²) in [5.74, 6) is 0.685. The van der Waals surface area contributed by atoms with Gasteiger partial charge in [-0.15, -0.1) is 21.5 Å². The summed E-state index contributed by atoms with van der Waals surface area (Å²) in [6.45, 7) is -0.140. The van der Waals surface area contributed by atoms with E-state index < -0.39 is 5.97 Å². The molecular weight excluding hydrogens is 442 g/mol. The van der Waals surface area contributed by atoms with E-state index in [4.69, 9.17) is 9.15 Å². The van der Waals surface area contributed by atoms with Crippen molar-refractivity contribution in [3.05, 3.63) is 82.6 Å². The van der Waals surface area contributed by atoms with Crippen LogP contribution in [0.25, 0.3) is 37.7 Å². The Balaban J connectivity index is 1.28. The molecule has 4 aromatic heterocycles. The Kier molecular flexibility index (Phi) is 4.34. The second-order valence-electron chi connectivity index (χ2n) is 7.36. The molecule has 0 saturated heterocycles. The minimum Gasteiger partial charge on any atom is -0.452 e. The van der Waals surface area contributed by atoms with Crippen LogP contribution in [-0.2, 0) is 18.4 Å². The molecule has 0 atom stereocenters. The van der Waals surface area contributed by atoms with Gasteiger partial charge in [-0.2, -0.15) is 0 Å². The molecule has 0 aliphatic heterocycles. The number of thiazole rings is 1. The summed E-state index contributed by atoms with van der Waals surface area (Å²) < 4.78 is 15.3. The molecule has 0 aliphatic rings. The average molecular weight is 457 g/mol. The van der Waals surface area contributed by atoms with E-state index >= 15 is 0 Å². The van der Waals surface area contributed by atoms with Crippen LogP contribution in [-0.4, -0.2) is 30.1 Å². The Bertz CT molecular complexity index is 1710. The number of aryl methyl sites for hydroxylation is 1. The molecule has 10 heteroatoms. The van der Waals surface area contributed by atoms with Crippen LogP contribution in [0.4, 0.5) is 0 Å². The first-order chi connectivity index (χ1) is 16.1. The molecule has 4 heterocycles. The third-order valence-electron chi connectivity index (χ3n) is 5.34. The van der Waals surface area contributed by atoms with Crippen LogP contribution in [0, 0.1) is 0 Å². The summed E-state index contributed by atoms with van der Waals surface area (Å²) in [7, 11) is 1.63. The first-order valence-corrected chi connectivity index (χ1v) is 10.9. The van der Waals surface area contributed by atoms with Crippen LogP contribution in [0.3, 0.4) is 0 Å². The molecule has 0 bridgehead atoms. The Morgan fingerprint density at radius 3 is 2.76 bits per heavy atom. The summed E-state index contributed by atoms with van der Waals surface area (Å²) in [4.78, 5) is 29.7. The summed E-state index contributed by atoms with van der Waals surface area (Å²) in [6, 6.07) is 18.2. The van der Waals surface area contributed by atoms with Crippen LogP contribution in [0.15, 0.2) is 69.9 Å². The molecule has 0 unspecified atom stereocenters. The van der Waals surface area contributed by atoms with E-state index in [9.17, 15) is 9.59 Å². The van der Waals surface area contributed by atoms with Crippen LogP contribution in [0.2, 0.25) is 0 Å². The van der Waals surface area contributed by atoms with Crippen LogP contribution < -0.4 is 5.56 Å². The van der Waals surface area contributed by atoms with Gasteiger partial charge >= 0.3 is 5.97 Å². The highest BCUT2D eigenvalue weighted by molar-refractivity contribution is 7.21. The topological polar surface area (TPSA) is 105 Å². The lowest BCUT2D eigenvalue weighted by Gasteiger charge is -2.07. The van der Waals surface area contributed by atoms with Gasteiger partial charge in [-0.3, -0.25) is 13.8 Å². The number of fused-ring (bicyclic) bond motifs is 4. The molecule has 6 rings (SSSR count). The first-order valence-electron chi connectivity index (χ1n) is 10.0. The number of carbonyl (C=O) groups excluding carboxylic acids is 1. The molecule has 0 spiro atoms. The maximum Gasteiger partial charge on any atom is 0.374 e. The molecule has 33 heavy (non-hydrogen) atoms. The van der Waals surface area contributed by atoms with E-state index in [2.05, 4.69) is 15.2 Å². The maximum absolute atomic E-state index is 12.6. The highest BCUT2D eigenvalue weighted by atomic mass is 32.1. The number of esters is 1. The summed E-state index contributed by atoms with van der Waals surface area (Å²) in [5, 5.41) is 9.43. The number of rotatable bonds is 4. The van der Waals surface area contributed by atoms with Gasteiger partial charge in [0.15, 0.2) is 23.2 Å². The predicted octanol–water partition coefficient (Wildman–Crippen LogP) is 3.81. The quantitative estimate of drug-likeness (QED) is 0.371. The van der Waals surface area contributed by atoms with Gasteiger partial charge in [0.25, 0.3) is 5.56 Å². The largest absolute Gasteiger partial charge is 0.452 e. The van der Waals surface area contributed by atoms with Gasteiger partial charge in [-0.1, -0.05) is 24.3 Å². The number of benzene rings is 2. The van der Waals surface area contributed by atoms with Gasteiger partial charge < -0.3 is 9.15 Å². The zero-order chi connectivity index (χ0) is 22.5. The van der Waals surface area contributed by atoms with E-state index in [1.807, 2.05) is 30.3 Å². The Morgan fingerprint density at radius 2 is 1.88 bits per heavy atom. The number of carbonyl (C=O) groups is 1. The number of furan rings is 1. The Labute approximate surface area is 189 Å². The van der Waals surface area contributed by atoms with Gasteiger partial charge in [0.05, 0.1) is 21.1 Å². The van der Waals surface area contributed by atoms with Crippen molar-refractivity contribution in [3.8, 4) is 10.8 Å². The lowest BCUT2D eigenvalue weighted by Crippen LogP contribution is -2.20. The van der Waals surface area contributed by atoms with Crippen molar-refractivity contribution >= 4 is 44.2 Å². The summed E-state index contributed by atoms with van der Waals surface area (Å²) in [6.07, 6.45) is 0. The summed E-state index contributed by atoms with van der Waals surface area (Å²) >= 11 is 1.49. The summed E-state index contributed by atoms with van der Waals surface area (Å²) in [5.41, 5.74) is 1.34. The van der Waals surface area contributed by atoms with Gasteiger partial charge in [-0.25, -0.2) is 9.78 Å². The van der Waals surface area contributed by atoms with E-state index in [1.54, 1.807) is 41.8 Å². The fourth-order valence-electron chi connectivity index (χ4n) is 3.73. The highest BCUT2D eigenvalue weighted by Gasteiger charge is 2.19. The van der Waals surface area contributed by atoms with Crippen LogP contribution >= 0.6 is 11.3 Å². The molecule has 0 fully saturated rings. The van der Waals surface area contributed by atoms with E-state index in [0.29, 0.717) is 33.3 Å². The second-order valence-corrected chi connectivity index (χ2v) is 8.39. The van der Waals surface area contributed by atoms with Crippen molar-refractivity contribution in [1.29, 1.82) is 0 Å². The number of para-hydroxylation sites is 2. The zero-order valence-corrected chi connectivity index (χ0v) is 18.1. The third-order valence-corrected chi connectivity index (χ3v) is 6.39. The lowest BCUT2D eigenvalue weighted by atomic mass is 10.2. The molecule has 0 N–H and O–H groups in total. The molecule has 0 amide bonds. The predicted molar refractivity (Wildman–Crippen MR) is 122 cm³/mol. The van der Waals surface area contributed by atoms with E-state index in [-0.39, 0.29) is 17.9 Å². The molecule has 2 aromatic carbocycles. The van der Waals surface area contributed by atoms with Gasteiger partial charge in [0.2, 0.25) is 11.5 Å².